The monoisotopic (exact) mass is 548 g/mol. The number of nitrogens with two attached hydrogens (primary N) is 1. The molecule has 0 spiro atoms. The topological polar surface area (TPSA) is 105 Å². The number of rotatable bonds is 8. The molecule has 9 heteroatoms. The third kappa shape index (κ3) is 6.53. The van der Waals surface area contributed by atoms with Gasteiger partial charge in [-0.2, -0.15) is 0 Å². The average molecular weight is 549 g/mol. The number of benzene rings is 2. The molecule has 1 saturated heterocycles. The van der Waals surface area contributed by atoms with Crippen LogP contribution >= 0.6 is 0 Å². The molecule has 0 bridgehead atoms. The number of nitrogens with one attached hydrogen (secondary N) is 2. The molecule has 3 aromatic rings. The van der Waals surface area contributed by atoms with Crippen molar-refractivity contribution < 1.29 is 14.0 Å². The lowest BCUT2D eigenvalue weighted by Gasteiger charge is -2.31. The van der Waals surface area contributed by atoms with Gasteiger partial charge in [-0.15, -0.1) is 0 Å². The number of amides is 2. The van der Waals surface area contributed by atoms with Crippen LogP contribution in [0, 0.1) is 17.7 Å². The van der Waals surface area contributed by atoms with Gasteiger partial charge in [-0.3, -0.25) is 19.8 Å². The van der Waals surface area contributed by atoms with Gasteiger partial charge in [-0.1, -0.05) is 6.07 Å². The molecule has 0 unspecified atom stereocenters. The third-order valence-electron chi connectivity index (χ3n) is 8.40. The third-order valence-corrected chi connectivity index (χ3v) is 8.40. The van der Waals surface area contributed by atoms with Crippen LogP contribution in [-0.2, 0) is 11.3 Å². The van der Waals surface area contributed by atoms with E-state index in [0.717, 1.165) is 75.7 Å². The number of carbonyl (C=O) groups is 2. The van der Waals surface area contributed by atoms with E-state index < -0.39 is 0 Å². The first kappa shape index (κ1) is 28.2. The first-order valence-electron chi connectivity index (χ1n) is 14.6. The highest BCUT2D eigenvalue weighted by molar-refractivity contribution is 6.04. The van der Waals surface area contributed by atoms with Gasteiger partial charge in [-0.05, 0) is 120 Å². The zero-order valence-electron chi connectivity index (χ0n) is 23.5. The quantitative estimate of drug-likeness (QED) is 0.373. The van der Waals surface area contributed by atoms with Gasteiger partial charge in [0.15, 0.2) is 0 Å². The highest BCUT2D eigenvalue weighted by atomic mass is 19.1. The lowest BCUT2D eigenvalue weighted by Crippen LogP contribution is -2.37. The van der Waals surface area contributed by atoms with E-state index in [1.807, 2.05) is 19.9 Å². The number of imidazole rings is 1. The molecule has 2 amide bonds. The van der Waals surface area contributed by atoms with Crippen LogP contribution in [0.4, 0.5) is 10.3 Å². The average Bonchev–Trinajstić information content (AvgIpc) is 3.30. The van der Waals surface area contributed by atoms with Crippen molar-refractivity contribution >= 4 is 28.8 Å². The van der Waals surface area contributed by atoms with E-state index >= 15 is 0 Å². The zero-order chi connectivity index (χ0) is 28.2. The lowest BCUT2D eigenvalue weighted by atomic mass is 9.85. The number of fused-ring (bicyclic) bond motifs is 1. The van der Waals surface area contributed by atoms with Gasteiger partial charge < -0.3 is 15.6 Å². The van der Waals surface area contributed by atoms with Crippen molar-refractivity contribution in [3.8, 4) is 0 Å². The molecule has 214 valence electrons. The number of piperidine rings is 1. The van der Waals surface area contributed by atoms with E-state index in [1.165, 1.54) is 29.8 Å². The first-order chi connectivity index (χ1) is 19.3. The van der Waals surface area contributed by atoms with E-state index in [9.17, 15) is 14.0 Å². The molecule has 0 radical (unpaired) electrons. The SMILES string of the molecule is CC(C)NC(=O)C1CCC(n2c(NC(=O)c3ccc(F)cc3)nc3ccc(CN4CCC(CN)CC4)cc32)CC1. The van der Waals surface area contributed by atoms with Crippen LogP contribution in [0.2, 0.25) is 0 Å². The molecule has 2 heterocycles. The Hall–Kier alpha value is -3.30. The van der Waals surface area contributed by atoms with E-state index in [-0.39, 0.29) is 35.6 Å². The molecule has 2 aromatic carbocycles. The molecule has 40 heavy (non-hydrogen) atoms. The number of carbonyl (C=O) groups excluding carboxylic acids is 2. The minimum Gasteiger partial charge on any atom is -0.354 e. The van der Waals surface area contributed by atoms with Crippen molar-refractivity contribution in [1.82, 2.24) is 19.8 Å². The van der Waals surface area contributed by atoms with Crippen molar-refractivity contribution in [3.63, 3.8) is 0 Å². The zero-order valence-corrected chi connectivity index (χ0v) is 23.5. The molecule has 1 aromatic heterocycles. The molecular formula is C31H41FN6O2. The number of nitrogens with zero attached hydrogens (tertiary/aromatic N) is 3. The second-order valence-corrected chi connectivity index (χ2v) is 11.7. The van der Waals surface area contributed by atoms with Crippen LogP contribution in [0.25, 0.3) is 11.0 Å². The Balaban J connectivity index is 1.40. The first-order valence-corrected chi connectivity index (χ1v) is 14.6. The van der Waals surface area contributed by atoms with Crippen LogP contribution in [0.5, 0.6) is 0 Å². The molecule has 4 N–H and O–H groups in total. The fourth-order valence-electron chi connectivity index (χ4n) is 6.11. The fourth-order valence-corrected chi connectivity index (χ4v) is 6.11. The maximum Gasteiger partial charge on any atom is 0.257 e. The molecule has 8 nitrogen and oxygen atoms in total. The van der Waals surface area contributed by atoms with E-state index in [1.54, 1.807) is 0 Å². The highest BCUT2D eigenvalue weighted by Gasteiger charge is 2.30. The van der Waals surface area contributed by atoms with Crippen molar-refractivity contribution in [2.75, 3.05) is 25.0 Å². The molecule has 2 aliphatic rings. The summed E-state index contributed by atoms with van der Waals surface area (Å²) in [5.74, 6) is 0.504. The van der Waals surface area contributed by atoms with E-state index in [2.05, 4.69) is 32.2 Å². The van der Waals surface area contributed by atoms with Gasteiger partial charge >= 0.3 is 0 Å². The summed E-state index contributed by atoms with van der Waals surface area (Å²) in [6.07, 6.45) is 5.46. The number of hydrogen-bond donors (Lipinski definition) is 3. The van der Waals surface area contributed by atoms with Crippen molar-refractivity contribution in [3.05, 3.63) is 59.4 Å². The Morgan fingerprint density at radius 1 is 1.02 bits per heavy atom. The second-order valence-electron chi connectivity index (χ2n) is 11.7. The number of hydrogen-bond acceptors (Lipinski definition) is 5. The molecule has 0 atom stereocenters. The van der Waals surface area contributed by atoms with Crippen LogP contribution < -0.4 is 16.4 Å². The van der Waals surface area contributed by atoms with Crippen LogP contribution in [-0.4, -0.2) is 51.9 Å². The minimum absolute atomic E-state index is 0.00213. The Morgan fingerprint density at radius 2 is 1.73 bits per heavy atom. The largest absolute Gasteiger partial charge is 0.354 e. The summed E-state index contributed by atoms with van der Waals surface area (Å²) >= 11 is 0. The molecular weight excluding hydrogens is 507 g/mol. The summed E-state index contributed by atoms with van der Waals surface area (Å²) < 4.78 is 15.6. The fraction of sp³-hybridized carbons (Fsp3) is 0.516. The Bertz CT molecular complexity index is 1320. The maximum absolute atomic E-state index is 13.4. The van der Waals surface area contributed by atoms with Crippen molar-refractivity contribution in [2.45, 2.75) is 71.0 Å². The van der Waals surface area contributed by atoms with Crippen molar-refractivity contribution in [2.24, 2.45) is 17.6 Å². The standard InChI is InChI=1S/C31H41FN6O2/c1-20(2)34-29(39)24-6-10-26(11-7-24)38-28-17-22(19-37-15-13-21(18-33)14-16-37)3-12-27(28)35-31(38)36-30(40)23-4-8-25(32)9-5-23/h3-5,8-9,12,17,20-21,24,26H,6-7,10-11,13-16,18-19,33H2,1-2H3,(H,34,39)(H,35,36,40). The summed E-state index contributed by atoms with van der Waals surface area (Å²) in [5.41, 5.74) is 9.27. The second kappa shape index (κ2) is 12.5. The Labute approximate surface area is 235 Å². The normalized spacial score (nSPS) is 20.6. The molecule has 1 aliphatic carbocycles. The van der Waals surface area contributed by atoms with Crippen molar-refractivity contribution in [1.29, 1.82) is 0 Å². The van der Waals surface area contributed by atoms with Gasteiger partial charge in [-0.25, -0.2) is 9.37 Å². The molecule has 5 rings (SSSR count). The number of aromatic nitrogens is 2. The van der Waals surface area contributed by atoms with Gasteiger partial charge in [0.05, 0.1) is 11.0 Å². The number of halogens is 1. The van der Waals surface area contributed by atoms with Crippen LogP contribution in [0.1, 0.15) is 74.3 Å². The Morgan fingerprint density at radius 3 is 2.38 bits per heavy atom. The summed E-state index contributed by atoms with van der Waals surface area (Å²) in [6, 6.07) is 12.1. The van der Waals surface area contributed by atoms with E-state index in [0.29, 0.717) is 17.4 Å². The van der Waals surface area contributed by atoms with Gasteiger partial charge in [0.25, 0.3) is 5.91 Å². The summed E-state index contributed by atoms with van der Waals surface area (Å²) in [4.78, 5) is 33.1. The van der Waals surface area contributed by atoms with E-state index in [4.69, 9.17) is 10.7 Å². The number of likely N-dealkylation sites (tertiary alicyclic amines) is 1. The Kier molecular flexibility index (Phi) is 8.81. The summed E-state index contributed by atoms with van der Waals surface area (Å²) in [6.45, 7) is 7.66. The van der Waals surface area contributed by atoms with Gasteiger partial charge in [0.2, 0.25) is 11.9 Å². The summed E-state index contributed by atoms with van der Waals surface area (Å²) in [5, 5.41) is 6.04. The number of anilines is 1. The minimum atomic E-state index is -0.387. The predicted molar refractivity (Wildman–Crippen MR) is 155 cm³/mol. The molecule has 1 aliphatic heterocycles. The smallest absolute Gasteiger partial charge is 0.257 e. The molecule has 1 saturated carbocycles. The lowest BCUT2D eigenvalue weighted by molar-refractivity contribution is -0.126. The van der Waals surface area contributed by atoms with Crippen LogP contribution in [0.3, 0.4) is 0 Å². The molecule has 2 fully saturated rings. The van der Waals surface area contributed by atoms with Gasteiger partial charge in [0.1, 0.15) is 5.82 Å². The van der Waals surface area contributed by atoms with Gasteiger partial charge in [0, 0.05) is 30.1 Å². The summed E-state index contributed by atoms with van der Waals surface area (Å²) in [7, 11) is 0. The van der Waals surface area contributed by atoms with Crippen LogP contribution in [0.15, 0.2) is 42.5 Å². The maximum atomic E-state index is 13.4. The predicted octanol–water partition coefficient (Wildman–Crippen LogP) is 4.85. The highest BCUT2D eigenvalue weighted by Crippen LogP contribution is 2.37.